The molecule has 1 atom stereocenters. The molecule has 0 aliphatic carbocycles. The molecule has 162 valence electrons. The van der Waals surface area contributed by atoms with Crippen molar-refractivity contribution < 1.29 is 14.3 Å². The van der Waals surface area contributed by atoms with Gasteiger partial charge in [-0.2, -0.15) is 0 Å². The average molecular weight is 398 g/mol. The van der Waals surface area contributed by atoms with Gasteiger partial charge < -0.3 is 25.6 Å². The number of nitrogens with zero attached hydrogens (tertiary/aromatic N) is 2. The molecule has 0 aromatic rings. The molecule has 3 N–H and O–H groups in total. The highest BCUT2D eigenvalue weighted by Gasteiger charge is 2.28. The molecule has 0 spiro atoms. The minimum Gasteiger partial charge on any atom is -0.444 e. The van der Waals surface area contributed by atoms with Crippen LogP contribution in [0.25, 0.3) is 0 Å². The van der Waals surface area contributed by atoms with Crippen LogP contribution in [0.1, 0.15) is 61.3 Å². The summed E-state index contributed by atoms with van der Waals surface area (Å²) in [6.45, 7) is 16.3. The van der Waals surface area contributed by atoms with Crippen LogP contribution in [0.2, 0.25) is 0 Å². The Morgan fingerprint density at radius 3 is 2.39 bits per heavy atom. The van der Waals surface area contributed by atoms with E-state index in [0.717, 1.165) is 19.4 Å². The molecule has 1 heterocycles. The first-order valence-corrected chi connectivity index (χ1v) is 10.2. The molecule has 8 heteroatoms. The van der Waals surface area contributed by atoms with Crippen LogP contribution in [-0.4, -0.2) is 67.2 Å². The molecule has 0 radical (unpaired) electrons. The van der Waals surface area contributed by atoms with Gasteiger partial charge in [-0.1, -0.05) is 20.8 Å². The largest absolute Gasteiger partial charge is 0.444 e. The summed E-state index contributed by atoms with van der Waals surface area (Å²) in [7, 11) is 0. The molecule has 1 fully saturated rings. The van der Waals surface area contributed by atoms with Crippen LogP contribution in [-0.2, 0) is 9.53 Å². The average Bonchev–Trinajstić information content (AvgIpc) is 2.56. The van der Waals surface area contributed by atoms with Crippen molar-refractivity contribution in [1.82, 2.24) is 20.9 Å². The third-order valence-electron chi connectivity index (χ3n) is 4.11. The van der Waals surface area contributed by atoms with Crippen LogP contribution < -0.4 is 16.0 Å². The highest BCUT2D eigenvalue weighted by molar-refractivity contribution is 5.81. The van der Waals surface area contributed by atoms with Gasteiger partial charge >= 0.3 is 6.09 Å². The normalized spacial score (nSPS) is 18.5. The second-order valence-electron chi connectivity index (χ2n) is 9.18. The monoisotopic (exact) mass is 397 g/mol. The zero-order chi connectivity index (χ0) is 21.4. The van der Waals surface area contributed by atoms with Gasteiger partial charge in [0.15, 0.2) is 5.96 Å². The number of piperidine rings is 1. The zero-order valence-electron chi connectivity index (χ0n) is 18.6. The topological polar surface area (TPSA) is 95.1 Å². The Morgan fingerprint density at radius 2 is 1.82 bits per heavy atom. The van der Waals surface area contributed by atoms with E-state index in [1.807, 2.05) is 48.5 Å². The molecule has 1 saturated heterocycles. The first-order valence-electron chi connectivity index (χ1n) is 10.2. The van der Waals surface area contributed by atoms with Crippen LogP contribution in [0.4, 0.5) is 4.79 Å². The van der Waals surface area contributed by atoms with Gasteiger partial charge in [0.1, 0.15) is 5.60 Å². The van der Waals surface area contributed by atoms with Gasteiger partial charge in [0.2, 0.25) is 5.91 Å². The van der Waals surface area contributed by atoms with Crippen LogP contribution >= 0.6 is 0 Å². The van der Waals surface area contributed by atoms with Crippen LogP contribution in [0.15, 0.2) is 4.99 Å². The molecule has 1 rings (SSSR count). The van der Waals surface area contributed by atoms with E-state index in [9.17, 15) is 9.59 Å². The second kappa shape index (κ2) is 10.5. The number of carbonyl (C=O) groups excluding carboxylic acids is 2. The van der Waals surface area contributed by atoms with Crippen LogP contribution in [0.3, 0.4) is 0 Å². The summed E-state index contributed by atoms with van der Waals surface area (Å²) in [5, 5.41) is 9.52. The highest BCUT2D eigenvalue weighted by Crippen LogP contribution is 2.15. The Balaban J connectivity index is 2.55. The fourth-order valence-corrected chi connectivity index (χ4v) is 2.70. The predicted molar refractivity (Wildman–Crippen MR) is 112 cm³/mol. The van der Waals surface area contributed by atoms with Crippen molar-refractivity contribution >= 4 is 18.0 Å². The van der Waals surface area contributed by atoms with Crippen molar-refractivity contribution in [3.05, 3.63) is 0 Å². The van der Waals surface area contributed by atoms with E-state index in [4.69, 9.17) is 4.74 Å². The Labute approximate surface area is 169 Å². The van der Waals surface area contributed by atoms with E-state index in [-0.39, 0.29) is 18.0 Å². The molecular weight excluding hydrogens is 358 g/mol. The van der Waals surface area contributed by atoms with Gasteiger partial charge in [-0.25, -0.2) is 4.79 Å². The fourth-order valence-electron chi connectivity index (χ4n) is 2.70. The van der Waals surface area contributed by atoms with E-state index in [1.165, 1.54) is 0 Å². The predicted octanol–water partition coefficient (Wildman–Crippen LogP) is 2.10. The lowest BCUT2D eigenvalue weighted by molar-refractivity contribution is -0.128. The molecule has 0 aromatic carbocycles. The van der Waals surface area contributed by atoms with E-state index in [0.29, 0.717) is 32.1 Å². The van der Waals surface area contributed by atoms with Gasteiger partial charge in [0.25, 0.3) is 0 Å². The highest BCUT2D eigenvalue weighted by atomic mass is 16.6. The van der Waals surface area contributed by atoms with E-state index >= 15 is 0 Å². The number of amides is 2. The summed E-state index contributed by atoms with van der Waals surface area (Å²) in [5.74, 6) is 0.712. The quantitative estimate of drug-likeness (QED) is 0.375. The molecule has 1 unspecified atom stereocenters. The van der Waals surface area contributed by atoms with E-state index in [2.05, 4.69) is 20.9 Å². The van der Waals surface area contributed by atoms with Crippen LogP contribution in [0, 0.1) is 5.41 Å². The SMILES string of the molecule is CCNC(=NCCNC(=O)C(C)(C)C)NC1CCCN(C(=O)OC(C)(C)C)C1. The van der Waals surface area contributed by atoms with Crippen molar-refractivity contribution in [2.24, 2.45) is 10.4 Å². The molecular formula is C20H39N5O3. The molecule has 2 amide bonds. The summed E-state index contributed by atoms with van der Waals surface area (Å²) in [6.07, 6.45) is 1.61. The van der Waals surface area contributed by atoms with Gasteiger partial charge in [-0.3, -0.25) is 9.79 Å². The number of hydrogen-bond donors (Lipinski definition) is 3. The summed E-state index contributed by atoms with van der Waals surface area (Å²) < 4.78 is 5.48. The number of carbonyl (C=O) groups is 2. The smallest absolute Gasteiger partial charge is 0.410 e. The molecule has 0 aromatic heterocycles. The maximum Gasteiger partial charge on any atom is 0.410 e. The van der Waals surface area contributed by atoms with Gasteiger partial charge in [-0.15, -0.1) is 0 Å². The number of hydrogen-bond acceptors (Lipinski definition) is 4. The number of rotatable bonds is 5. The Hall–Kier alpha value is -1.99. The maximum atomic E-state index is 12.3. The minimum atomic E-state index is -0.495. The maximum absolute atomic E-state index is 12.3. The van der Waals surface area contributed by atoms with Crippen molar-refractivity contribution in [3.8, 4) is 0 Å². The molecule has 0 bridgehead atoms. The standard InChI is InChI=1S/C20H39N5O3/c1-8-21-17(23-12-11-22-16(26)19(2,3)4)24-15-10-9-13-25(14-15)18(27)28-20(5,6)7/h15H,8-14H2,1-7H3,(H,22,26)(H2,21,23,24). The second-order valence-corrected chi connectivity index (χ2v) is 9.18. The lowest BCUT2D eigenvalue weighted by atomic mass is 9.96. The summed E-state index contributed by atoms with van der Waals surface area (Å²) in [6, 6.07) is 0.114. The summed E-state index contributed by atoms with van der Waals surface area (Å²) >= 11 is 0. The lowest BCUT2D eigenvalue weighted by Gasteiger charge is -2.35. The Bertz CT molecular complexity index is 549. The minimum absolute atomic E-state index is 0.0148. The van der Waals surface area contributed by atoms with Crippen molar-refractivity contribution in [3.63, 3.8) is 0 Å². The first-order chi connectivity index (χ1) is 12.9. The third kappa shape index (κ3) is 9.28. The van der Waals surface area contributed by atoms with Crippen LogP contribution in [0.5, 0.6) is 0 Å². The Kier molecular flexibility index (Phi) is 9.04. The Morgan fingerprint density at radius 1 is 1.14 bits per heavy atom. The third-order valence-corrected chi connectivity index (χ3v) is 4.11. The lowest BCUT2D eigenvalue weighted by Crippen LogP contribution is -2.53. The number of likely N-dealkylation sites (tertiary alicyclic amines) is 1. The molecule has 28 heavy (non-hydrogen) atoms. The van der Waals surface area contributed by atoms with Crippen molar-refractivity contribution in [2.45, 2.75) is 73.0 Å². The molecule has 0 saturated carbocycles. The van der Waals surface area contributed by atoms with E-state index in [1.54, 1.807) is 4.90 Å². The molecule has 1 aliphatic rings. The van der Waals surface area contributed by atoms with Crippen molar-refractivity contribution in [1.29, 1.82) is 0 Å². The summed E-state index contributed by atoms with van der Waals surface area (Å²) in [4.78, 5) is 30.5. The molecule has 1 aliphatic heterocycles. The number of aliphatic imine (C=N–C) groups is 1. The first kappa shape index (κ1) is 24.0. The zero-order valence-corrected chi connectivity index (χ0v) is 18.6. The number of nitrogens with one attached hydrogen (secondary N) is 3. The fraction of sp³-hybridized carbons (Fsp3) is 0.850. The van der Waals surface area contributed by atoms with Gasteiger partial charge in [0, 0.05) is 37.6 Å². The van der Waals surface area contributed by atoms with Gasteiger partial charge in [-0.05, 0) is 40.5 Å². The molecule has 8 nitrogen and oxygen atoms in total. The number of ether oxygens (including phenoxy) is 1. The van der Waals surface area contributed by atoms with E-state index < -0.39 is 11.0 Å². The van der Waals surface area contributed by atoms with Crippen molar-refractivity contribution in [2.75, 3.05) is 32.7 Å². The number of guanidine groups is 1. The summed E-state index contributed by atoms with van der Waals surface area (Å²) in [5.41, 5.74) is -0.898. The van der Waals surface area contributed by atoms with Gasteiger partial charge in [0.05, 0.1) is 6.54 Å².